The molecule has 0 saturated heterocycles. The topological polar surface area (TPSA) is 61.7 Å². The zero-order valence-corrected chi connectivity index (χ0v) is 10.0. The summed E-state index contributed by atoms with van der Waals surface area (Å²) in [4.78, 5) is 10.9. The van der Waals surface area contributed by atoms with Crippen LogP contribution >= 0.6 is 0 Å². The fourth-order valence-corrected chi connectivity index (χ4v) is 1.47. The highest BCUT2D eigenvalue weighted by Gasteiger charge is 2.11. The third kappa shape index (κ3) is 3.89. The molecular weight excluding hydrogens is 216 g/mol. The average Bonchev–Trinajstić information content (AvgIpc) is 2.39. The van der Waals surface area contributed by atoms with Gasteiger partial charge in [-0.15, -0.1) is 0 Å². The largest absolute Gasteiger partial charge is 0.386 e. The van der Waals surface area contributed by atoms with E-state index in [0.29, 0.717) is 0 Å². The first kappa shape index (κ1) is 13.2. The summed E-state index contributed by atoms with van der Waals surface area (Å²) in [7, 11) is 0. The lowest BCUT2D eigenvalue weighted by Crippen LogP contribution is -2.24. The molecule has 4 heteroatoms. The van der Waals surface area contributed by atoms with Crippen molar-refractivity contribution in [1.82, 2.24) is 5.43 Å². The minimum atomic E-state index is -0.553. The molecule has 1 unspecified atom stereocenters. The van der Waals surface area contributed by atoms with Gasteiger partial charge in [-0.2, -0.15) is 5.10 Å². The monoisotopic (exact) mass is 232 g/mol. The minimum Gasteiger partial charge on any atom is -0.386 e. The normalized spacial score (nSPS) is 12.8. The lowest BCUT2D eigenvalue weighted by atomic mass is 9.95. The summed E-state index contributed by atoms with van der Waals surface area (Å²) in [6.45, 7) is 3.43. The van der Waals surface area contributed by atoms with Crippen molar-refractivity contribution in [3.63, 3.8) is 0 Å². The molecule has 1 rings (SSSR count). The maximum Gasteiger partial charge on any atom is 0.265 e. The van der Waals surface area contributed by atoms with Gasteiger partial charge in [0, 0.05) is 11.6 Å². The third-order valence-electron chi connectivity index (χ3n) is 2.51. The molecule has 2 N–H and O–H groups in total. The molecule has 0 heterocycles. The molecule has 0 spiro atoms. The second-order valence-corrected chi connectivity index (χ2v) is 3.64. The Bertz CT molecular complexity index is 388. The van der Waals surface area contributed by atoms with Gasteiger partial charge >= 0.3 is 0 Å². The fraction of sp³-hybridized carbons (Fsp3) is 0.385. The van der Waals surface area contributed by atoms with Crippen molar-refractivity contribution >= 4 is 11.6 Å². The predicted octanol–water partition coefficient (Wildman–Crippen LogP) is 1.26. The summed E-state index contributed by atoms with van der Waals surface area (Å²) >= 11 is 0. The number of nitrogens with zero attached hydrogens (tertiary/aromatic N) is 1. The molecule has 0 bridgehead atoms. The average molecular weight is 232 g/mol. The van der Waals surface area contributed by atoms with Crippen LogP contribution in [0.1, 0.15) is 31.7 Å². The van der Waals surface area contributed by atoms with E-state index in [1.807, 2.05) is 26.0 Å². The van der Waals surface area contributed by atoms with Crippen molar-refractivity contribution in [3.8, 4) is 0 Å². The molecule has 1 aromatic rings. The lowest BCUT2D eigenvalue weighted by Gasteiger charge is -2.12. The van der Waals surface area contributed by atoms with Crippen molar-refractivity contribution < 1.29 is 9.90 Å². The number of hydrazone groups is 1. The summed E-state index contributed by atoms with van der Waals surface area (Å²) in [5.41, 5.74) is 4.24. The molecule has 1 amide bonds. The van der Waals surface area contributed by atoms with Crippen LogP contribution in [-0.4, -0.2) is 23.3 Å². The van der Waals surface area contributed by atoms with Gasteiger partial charge in [0.2, 0.25) is 0 Å². The number of hydrogen-bond donors (Lipinski definition) is 2. The second kappa shape index (κ2) is 6.66. The van der Waals surface area contributed by atoms with Crippen molar-refractivity contribution in [3.05, 3.63) is 35.9 Å². The van der Waals surface area contributed by atoms with Crippen LogP contribution in [0.2, 0.25) is 0 Å². The van der Waals surface area contributed by atoms with E-state index in [1.165, 1.54) is 0 Å². The molecule has 90 valence electrons. The first-order valence-corrected chi connectivity index (χ1v) is 5.52. The van der Waals surface area contributed by atoms with E-state index in [-0.39, 0.29) is 5.92 Å². The van der Waals surface area contributed by atoms with Crippen LogP contribution < -0.4 is 5.43 Å². The van der Waals surface area contributed by atoms with Crippen LogP contribution in [0.25, 0.3) is 0 Å². The van der Waals surface area contributed by atoms with Gasteiger partial charge in [-0.05, 0) is 30.2 Å². The van der Waals surface area contributed by atoms with Crippen molar-refractivity contribution in [1.29, 1.82) is 0 Å². The number of rotatable bonds is 5. The summed E-state index contributed by atoms with van der Waals surface area (Å²) in [6.07, 6.45) is 0.728. The zero-order valence-electron chi connectivity index (χ0n) is 10.0. The minimum absolute atomic E-state index is 0.102. The highest BCUT2D eigenvalue weighted by molar-refractivity contribution is 5.91. The number of aliphatic hydroxyl groups excluding tert-OH is 1. The quantitative estimate of drug-likeness (QED) is 0.593. The van der Waals surface area contributed by atoms with Gasteiger partial charge in [-0.1, -0.05) is 26.0 Å². The van der Waals surface area contributed by atoms with Crippen LogP contribution in [0.5, 0.6) is 0 Å². The number of aliphatic hydroxyl groups is 1. The zero-order chi connectivity index (χ0) is 12.7. The predicted molar refractivity (Wildman–Crippen MR) is 65.5 cm³/mol. The van der Waals surface area contributed by atoms with Gasteiger partial charge in [0.25, 0.3) is 5.91 Å². The summed E-state index contributed by atoms with van der Waals surface area (Å²) in [5.74, 6) is -0.402. The van der Waals surface area contributed by atoms with Gasteiger partial charge in [-0.25, -0.2) is 5.43 Å². The molecule has 0 aliphatic carbocycles. The van der Waals surface area contributed by atoms with E-state index in [2.05, 4.69) is 22.7 Å². The summed E-state index contributed by atoms with van der Waals surface area (Å²) < 4.78 is 0. The highest BCUT2D eigenvalue weighted by Crippen LogP contribution is 2.16. The Labute approximate surface area is 101 Å². The van der Waals surface area contributed by atoms with Crippen molar-refractivity contribution in [2.75, 3.05) is 6.61 Å². The molecule has 1 atom stereocenters. The fourth-order valence-electron chi connectivity index (χ4n) is 1.47. The van der Waals surface area contributed by atoms with Gasteiger partial charge < -0.3 is 5.11 Å². The van der Waals surface area contributed by atoms with Gasteiger partial charge in [-0.3, -0.25) is 4.79 Å². The van der Waals surface area contributed by atoms with E-state index in [1.54, 1.807) is 6.07 Å². The molecule has 0 aliphatic rings. The van der Waals surface area contributed by atoms with E-state index in [4.69, 9.17) is 5.11 Å². The Morgan fingerprint density at radius 2 is 2.35 bits per heavy atom. The SMILES string of the molecule is CC/C(=N\NC(=O)CO)C(C)c1cc#ccc1. The maximum absolute atomic E-state index is 10.9. The summed E-state index contributed by atoms with van der Waals surface area (Å²) in [5, 5.41) is 12.6. The van der Waals surface area contributed by atoms with E-state index < -0.39 is 12.5 Å². The second-order valence-electron chi connectivity index (χ2n) is 3.64. The molecule has 1 aromatic carbocycles. The van der Waals surface area contributed by atoms with E-state index in [9.17, 15) is 4.79 Å². The Hall–Kier alpha value is -1.86. The third-order valence-corrected chi connectivity index (χ3v) is 2.51. The molecule has 0 fully saturated rings. The number of hydrogen-bond acceptors (Lipinski definition) is 3. The number of carbonyl (C=O) groups excluding carboxylic acids is 1. The standard InChI is InChI=1S/C13H16N2O2/c1-3-12(14-15-13(17)9-16)10(2)11-7-5-4-6-8-11/h5,7-8,10,16H,3,9H2,1-2H3,(H,15,17)/b14-12+. The highest BCUT2D eigenvalue weighted by atomic mass is 16.3. The molecule has 17 heavy (non-hydrogen) atoms. The Morgan fingerprint density at radius 3 is 2.88 bits per heavy atom. The smallest absolute Gasteiger partial charge is 0.265 e. The van der Waals surface area contributed by atoms with E-state index >= 15 is 0 Å². The van der Waals surface area contributed by atoms with Gasteiger partial charge in [0.15, 0.2) is 0 Å². The summed E-state index contributed by atoms with van der Waals surface area (Å²) in [6, 6.07) is 11.3. The van der Waals surface area contributed by atoms with Crippen LogP contribution in [0, 0.1) is 12.1 Å². The Balaban J connectivity index is 2.77. The number of amides is 1. The molecule has 0 radical (unpaired) electrons. The molecular formula is C13H16N2O2. The number of nitrogens with one attached hydrogen (secondary N) is 1. The van der Waals surface area contributed by atoms with Crippen LogP contribution in [-0.2, 0) is 4.79 Å². The lowest BCUT2D eigenvalue weighted by molar-refractivity contribution is -0.123. The number of carbonyl (C=O) groups is 1. The van der Waals surface area contributed by atoms with E-state index in [0.717, 1.165) is 17.7 Å². The molecule has 4 nitrogen and oxygen atoms in total. The van der Waals surface area contributed by atoms with Crippen LogP contribution in [0.15, 0.2) is 23.3 Å². The van der Waals surface area contributed by atoms with Crippen LogP contribution in [0.4, 0.5) is 0 Å². The van der Waals surface area contributed by atoms with Crippen molar-refractivity contribution in [2.24, 2.45) is 5.10 Å². The molecule has 0 saturated carbocycles. The maximum atomic E-state index is 10.9. The van der Waals surface area contributed by atoms with Crippen LogP contribution in [0.3, 0.4) is 0 Å². The Kier molecular flexibility index (Phi) is 5.18. The Morgan fingerprint density at radius 1 is 1.59 bits per heavy atom. The van der Waals surface area contributed by atoms with Crippen molar-refractivity contribution in [2.45, 2.75) is 26.2 Å². The molecule has 0 aromatic heterocycles. The first-order valence-electron chi connectivity index (χ1n) is 5.52. The van der Waals surface area contributed by atoms with Gasteiger partial charge in [0.1, 0.15) is 6.61 Å². The first-order chi connectivity index (χ1) is 8.19. The van der Waals surface area contributed by atoms with Gasteiger partial charge in [0.05, 0.1) is 0 Å². The molecule has 0 aliphatic heterocycles.